The molecule has 0 spiro atoms. The molecule has 1 amide bonds. The van der Waals surface area contributed by atoms with Crippen LogP contribution in [0.25, 0.3) is 0 Å². The summed E-state index contributed by atoms with van der Waals surface area (Å²) >= 11 is 0. The molecule has 1 aliphatic heterocycles. The molecule has 24 heavy (non-hydrogen) atoms. The Labute approximate surface area is 144 Å². The van der Waals surface area contributed by atoms with Gasteiger partial charge in [-0.25, -0.2) is 0 Å². The number of amides is 1. The van der Waals surface area contributed by atoms with Crippen LogP contribution in [-0.4, -0.2) is 34.5 Å². The Hall–Kier alpha value is -2.07. The summed E-state index contributed by atoms with van der Waals surface area (Å²) < 4.78 is 2.30. The lowest BCUT2D eigenvalue weighted by Crippen LogP contribution is -2.46. The van der Waals surface area contributed by atoms with E-state index in [0.717, 1.165) is 19.5 Å². The molecule has 0 bridgehead atoms. The molecule has 0 radical (unpaired) electrons. The van der Waals surface area contributed by atoms with Crippen molar-refractivity contribution in [2.75, 3.05) is 13.1 Å². The predicted molar refractivity (Wildman–Crippen MR) is 96.9 cm³/mol. The van der Waals surface area contributed by atoms with Crippen molar-refractivity contribution in [3.05, 3.63) is 59.4 Å². The molecular weight excluding hydrogens is 298 g/mol. The maximum absolute atomic E-state index is 12.4. The van der Waals surface area contributed by atoms with E-state index in [9.17, 15) is 4.79 Å². The Morgan fingerprint density at radius 2 is 2.00 bits per heavy atom. The molecule has 0 saturated carbocycles. The number of aromatic nitrogens is 1. The average molecular weight is 325 g/mol. The summed E-state index contributed by atoms with van der Waals surface area (Å²) in [6, 6.07) is 13.3. The maximum Gasteiger partial charge on any atom is 0.234 e. The van der Waals surface area contributed by atoms with Crippen LogP contribution in [0, 0.1) is 6.92 Å². The fourth-order valence-electron chi connectivity index (χ4n) is 3.34. The number of carbonyl (C=O) groups is 1. The van der Waals surface area contributed by atoms with Crippen LogP contribution in [0.4, 0.5) is 0 Å². The van der Waals surface area contributed by atoms with Gasteiger partial charge in [0.15, 0.2) is 0 Å². The number of carbonyl (C=O) groups excluding carboxylic acids is 1. The highest BCUT2D eigenvalue weighted by atomic mass is 16.2. The first kappa shape index (κ1) is 16.8. The predicted octanol–water partition coefficient (Wildman–Crippen LogP) is 3.12. The van der Waals surface area contributed by atoms with Crippen LogP contribution in [0.2, 0.25) is 0 Å². The molecule has 2 heterocycles. The van der Waals surface area contributed by atoms with Crippen LogP contribution >= 0.6 is 0 Å². The van der Waals surface area contributed by atoms with E-state index in [1.807, 2.05) is 0 Å². The Morgan fingerprint density at radius 3 is 2.71 bits per heavy atom. The van der Waals surface area contributed by atoms with Gasteiger partial charge in [-0.05, 0) is 38.0 Å². The number of hydrogen-bond donors (Lipinski definition) is 1. The topological polar surface area (TPSA) is 37.3 Å². The van der Waals surface area contributed by atoms with Gasteiger partial charge in [0.1, 0.15) is 0 Å². The normalized spacial score (nSPS) is 18.9. The minimum absolute atomic E-state index is 0.112. The number of nitrogens with one attached hydrogen (secondary N) is 1. The second-order valence-corrected chi connectivity index (χ2v) is 6.79. The van der Waals surface area contributed by atoms with Gasteiger partial charge in [0.25, 0.3) is 0 Å². The summed E-state index contributed by atoms with van der Waals surface area (Å²) in [5.41, 5.74) is 3.77. The van der Waals surface area contributed by atoms with Gasteiger partial charge in [-0.1, -0.05) is 36.8 Å². The summed E-state index contributed by atoms with van der Waals surface area (Å²) in [6.45, 7) is 8.50. The van der Waals surface area contributed by atoms with Gasteiger partial charge < -0.3 is 9.88 Å². The monoisotopic (exact) mass is 325 g/mol. The number of rotatable bonds is 5. The number of nitrogens with zero attached hydrogens (tertiary/aromatic N) is 2. The zero-order valence-corrected chi connectivity index (χ0v) is 14.8. The Kier molecular flexibility index (Phi) is 5.05. The summed E-state index contributed by atoms with van der Waals surface area (Å²) in [5.74, 6) is 0.112. The smallest absolute Gasteiger partial charge is 0.234 e. The Bertz CT molecular complexity index is 689. The van der Waals surface area contributed by atoms with E-state index in [1.54, 1.807) is 0 Å². The van der Waals surface area contributed by atoms with Crippen molar-refractivity contribution in [3.8, 4) is 0 Å². The molecule has 4 nitrogen and oxygen atoms in total. The molecule has 1 N–H and O–H groups in total. The zero-order valence-electron chi connectivity index (χ0n) is 14.8. The molecule has 2 atom stereocenters. The molecule has 1 aliphatic rings. The van der Waals surface area contributed by atoms with E-state index in [0.29, 0.717) is 6.54 Å². The second-order valence-electron chi connectivity index (χ2n) is 6.79. The van der Waals surface area contributed by atoms with Gasteiger partial charge in [0, 0.05) is 31.0 Å². The Morgan fingerprint density at radius 1 is 1.25 bits per heavy atom. The van der Waals surface area contributed by atoms with E-state index in [-0.39, 0.29) is 18.0 Å². The van der Waals surface area contributed by atoms with Crippen LogP contribution in [0.3, 0.4) is 0 Å². The maximum atomic E-state index is 12.4. The highest BCUT2D eigenvalue weighted by Crippen LogP contribution is 2.32. The zero-order chi connectivity index (χ0) is 17.1. The van der Waals surface area contributed by atoms with Gasteiger partial charge in [-0.15, -0.1) is 0 Å². The van der Waals surface area contributed by atoms with Crippen LogP contribution in [-0.2, 0) is 11.3 Å². The second kappa shape index (κ2) is 7.22. The molecule has 1 aromatic carbocycles. The number of benzene rings is 1. The van der Waals surface area contributed by atoms with Gasteiger partial charge in [0.2, 0.25) is 5.91 Å². The Balaban J connectivity index is 1.85. The van der Waals surface area contributed by atoms with Crippen molar-refractivity contribution in [2.24, 2.45) is 0 Å². The molecule has 4 heteroatoms. The summed E-state index contributed by atoms with van der Waals surface area (Å²) in [5, 5.41) is 3.09. The minimum atomic E-state index is 0.112. The third-order valence-corrected chi connectivity index (χ3v) is 4.90. The summed E-state index contributed by atoms with van der Waals surface area (Å²) in [4.78, 5) is 14.7. The largest absolute Gasteiger partial charge is 0.353 e. The van der Waals surface area contributed by atoms with Crippen LogP contribution in [0.15, 0.2) is 42.6 Å². The lowest BCUT2D eigenvalue weighted by atomic mass is 9.99. The van der Waals surface area contributed by atoms with Gasteiger partial charge in [0.05, 0.1) is 12.6 Å². The fourth-order valence-corrected chi connectivity index (χ4v) is 3.34. The van der Waals surface area contributed by atoms with Crippen LogP contribution in [0.5, 0.6) is 0 Å². The highest BCUT2D eigenvalue weighted by Gasteiger charge is 2.30. The SMILES string of the molecule is CCC(C)NC(=O)CN1CCn2cccc2C1c1ccc(C)cc1. The third kappa shape index (κ3) is 3.54. The first-order valence-electron chi connectivity index (χ1n) is 8.83. The molecule has 3 rings (SSSR count). The van der Waals surface area contributed by atoms with Gasteiger partial charge in [-0.3, -0.25) is 9.69 Å². The van der Waals surface area contributed by atoms with Gasteiger partial charge in [-0.2, -0.15) is 0 Å². The van der Waals surface area contributed by atoms with Gasteiger partial charge >= 0.3 is 0 Å². The molecule has 0 fully saturated rings. The summed E-state index contributed by atoms with van der Waals surface area (Å²) in [6.07, 6.45) is 3.09. The number of hydrogen-bond acceptors (Lipinski definition) is 2. The van der Waals surface area contributed by atoms with E-state index < -0.39 is 0 Å². The highest BCUT2D eigenvalue weighted by molar-refractivity contribution is 5.78. The molecule has 128 valence electrons. The lowest BCUT2D eigenvalue weighted by molar-refractivity contribution is -0.123. The molecule has 1 aromatic heterocycles. The first-order valence-corrected chi connectivity index (χ1v) is 8.83. The minimum Gasteiger partial charge on any atom is -0.353 e. The fraction of sp³-hybridized carbons (Fsp3) is 0.450. The molecule has 0 aliphatic carbocycles. The van der Waals surface area contributed by atoms with E-state index in [4.69, 9.17) is 0 Å². The van der Waals surface area contributed by atoms with Crippen molar-refractivity contribution < 1.29 is 4.79 Å². The van der Waals surface area contributed by atoms with E-state index in [2.05, 4.69) is 78.2 Å². The van der Waals surface area contributed by atoms with E-state index >= 15 is 0 Å². The molecule has 2 aromatic rings. The molecular formula is C20H27N3O. The van der Waals surface area contributed by atoms with Crippen LogP contribution in [0.1, 0.15) is 43.1 Å². The van der Waals surface area contributed by atoms with Crippen molar-refractivity contribution in [1.82, 2.24) is 14.8 Å². The summed E-state index contributed by atoms with van der Waals surface area (Å²) in [7, 11) is 0. The third-order valence-electron chi connectivity index (χ3n) is 4.90. The van der Waals surface area contributed by atoms with Crippen molar-refractivity contribution in [3.63, 3.8) is 0 Å². The molecule has 0 saturated heterocycles. The number of aryl methyl sites for hydroxylation is 1. The quantitative estimate of drug-likeness (QED) is 0.917. The molecule has 2 unspecified atom stereocenters. The first-order chi connectivity index (χ1) is 11.6. The van der Waals surface area contributed by atoms with Crippen LogP contribution < -0.4 is 5.32 Å². The number of fused-ring (bicyclic) bond motifs is 1. The standard InChI is InChI=1S/C20H27N3O/c1-4-16(3)21-19(24)14-23-13-12-22-11-5-6-18(22)20(23)17-9-7-15(2)8-10-17/h5-11,16,20H,4,12-14H2,1-3H3,(H,21,24). The van der Waals surface area contributed by atoms with Crippen molar-refractivity contribution >= 4 is 5.91 Å². The van der Waals surface area contributed by atoms with Crippen molar-refractivity contribution in [2.45, 2.75) is 45.8 Å². The average Bonchev–Trinajstić information content (AvgIpc) is 3.04. The van der Waals surface area contributed by atoms with Crippen molar-refractivity contribution in [1.29, 1.82) is 0 Å². The van der Waals surface area contributed by atoms with E-state index in [1.165, 1.54) is 16.8 Å². The lowest BCUT2D eigenvalue weighted by Gasteiger charge is -2.37.